The van der Waals surface area contributed by atoms with Gasteiger partial charge in [0.1, 0.15) is 0 Å². The van der Waals surface area contributed by atoms with Gasteiger partial charge in [0.05, 0.1) is 18.8 Å². The Kier molecular flexibility index (Phi) is 6.18. The Hall–Kier alpha value is -3.07. The first-order valence-corrected chi connectivity index (χ1v) is 9.91. The van der Waals surface area contributed by atoms with E-state index in [0.29, 0.717) is 31.5 Å². The molecule has 1 aromatic heterocycles. The molecule has 0 amide bonds. The third kappa shape index (κ3) is 4.91. The Morgan fingerprint density at radius 1 is 1.10 bits per heavy atom. The molecule has 0 atom stereocenters. The maximum Gasteiger partial charge on any atom is 0.387 e. The summed E-state index contributed by atoms with van der Waals surface area (Å²) in [5, 5.41) is 12.2. The van der Waals surface area contributed by atoms with Crippen LogP contribution in [0, 0.1) is 0 Å². The number of hydrogen-bond acceptors (Lipinski definition) is 6. The smallest absolute Gasteiger partial charge is 0.387 e. The summed E-state index contributed by atoms with van der Waals surface area (Å²) in [6, 6.07) is 15.3. The van der Waals surface area contributed by atoms with Gasteiger partial charge in [0.25, 0.3) is 0 Å². The Morgan fingerprint density at radius 2 is 1.90 bits per heavy atom. The Balaban J connectivity index is 1.53. The fraction of sp³-hybridized carbons (Fsp3) is 0.381. The zero-order valence-electron chi connectivity index (χ0n) is 16.6. The number of tetrazole rings is 1. The summed E-state index contributed by atoms with van der Waals surface area (Å²) >= 11 is 0. The molecule has 1 heterocycles. The fourth-order valence-electron chi connectivity index (χ4n) is 3.36. The van der Waals surface area contributed by atoms with Gasteiger partial charge in [-0.3, -0.25) is 4.90 Å². The molecule has 0 saturated heterocycles. The Bertz CT molecular complexity index is 963. The number of nitrogens with zero attached hydrogens (tertiary/aromatic N) is 5. The normalized spacial score (nSPS) is 13.8. The lowest BCUT2D eigenvalue weighted by atomic mass is 10.2. The summed E-state index contributed by atoms with van der Waals surface area (Å²) in [6.45, 7) is 0.475. The molecule has 0 aliphatic heterocycles. The van der Waals surface area contributed by atoms with E-state index in [9.17, 15) is 8.78 Å². The van der Waals surface area contributed by atoms with Crippen molar-refractivity contribution >= 4 is 0 Å². The van der Waals surface area contributed by atoms with Crippen LogP contribution in [0.25, 0.3) is 5.69 Å². The Morgan fingerprint density at radius 3 is 2.60 bits per heavy atom. The van der Waals surface area contributed by atoms with Crippen LogP contribution in [0.1, 0.15) is 31.2 Å². The summed E-state index contributed by atoms with van der Waals surface area (Å²) in [5.74, 6) is 1.11. The molecule has 0 unspecified atom stereocenters. The van der Waals surface area contributed by atoms with Crippen molar-refractivity contribution in [3.63, 3.8) is 0 Å². The maximum absolute atomic E-state index is 12.6. The van der Waals surface area contributed by atoms with Crippen LogP contribution in [-0.2, 0) is 13.1 Å². The summed E-state index contributed by atoms with van der Waals surface area (Å²) in [4.78, 5) is 2.30. The third-order valence-electron chi connectivity index (χ3n) is 4.85. The summed E-state index contributed by atoms with van der Waals surface area (Å²) in [6.07, 6.45) is 2.22. The topological polar surface area (TPSA) is 65.3 Å². The number of hydrogen-bond donors (Lipinski definition) is 0. The average molecular weight is 415 g/mol. The van der Waals surface area contributed by atoms with Gasteiger partial charge >= 0.3 is 6.61 Å². The highest BCUT2D eigenvalue weighted by atomic mass is 19.3. The van der Waals surface area contributed by atoms with Crippen molar-refractivity contribution in [2.75, 3.05) is 6.61 Å². The molecule has 0 spiro atoms. The van der Waals surface area contributed by atoms with Crippen molar-refractivity contribution in [2.24, 2.45) is 0 Å². The van der Waals surface area contributed by atoms with Crippen molar-refractivity contribution in [1.82, 2.24) is 25.1 Å². The number of alkyl halides is 2. The van der Waals surface area contributed by atoms with Crippen LogP contribution in [0.2, 0.25) is 0 Å². The molecule has 158 valence electrons. The van der Waals surface area contributed by atoms with E-state index in [1.807, 2.05) is 30.3 Å². The number of para-hydroxylation sites is 1. The molecule has 0 N–H and O–H groups in total. The second kappa shape index (κ2) is 9.17. The molecule has 4 rings (SSSR count). The van der Waals surface area contributed by atoms with Crippen LogP contribution in [0.4, 0.5) is 8.78 Å². The van der Waals surface area contributed by atoms with Crippen molar-refractivity contribution in [2.45, 2.75) is 45.5 Å². The fourth-order valence-corrected chi connectivity index (χ4v) is 3.36. The number of ether oxygens (including phenoxy) is 2. The van der Waals surface area contributed by atoms with E-state index in [1.54, 1.807) is 23.7 Å². The molecule has 7 nitrogen and oxygen atoms in total. The maximum atomic E-state index is 12.6. The molecular formula is C21H23F2N5O2. The largest absolute Gasteiger partial charge is 0.490 e. The number of aromatic nitrogens is 4. The van der Waals surface area contributed by atoms with Gasteiger partial charge < -0.3 is 9.47 Å². The lowest BCUT2D eigenvalue weighted by molar-refractivity contribution is -0.0514. The SMILES string of the molecule is CCOc1cc(CN(Cc2nnnn2-c2ccccc2)C2CC2)ccc1OC(F)F. The first-order valence-electron chi connectivity index (χ1n) is 9.91. The van der Waals surface area contributed by atoms with E-state index in [1.165, 1.54) is 6.07 Å². The van der Waals surface area contributed by atoms with Crippen LogP contribution in [0.15, 0.2) is 48.5 Å². The monoisotopic (exact) mass is 415 g/mol. The molecule has 1 fully saturated rings. The van der Waals surface area contributed by atoms with Gasteiger partial charge in [-0.1, -0.05) is 24.3 Å². The van der Waals surface area contributed by atoms with Crippen LogP contribution in [0.3, 0.4) is 0 Å². The molecule has 2 aromatic carbocycles. The van der Waals surface area contributed by atoms with E-state index < -0.39 is 6.61 Å². The summed E-state index contributed by atoms with van der Waals surface area (Å²) in [7, 11) is 0. The number of benzene rings is 2. The van der Waals surface area contributed by atoms with Gasteiger partial charge in [-0.15, -0.1) is 5.10 Å². The van der Waals surface area contributed by atoms with Gasteiger partial charge in [0.2, 0.25) is 0 Å². The zero-order chi connectivity index (χ0) is 20.9. The van der Waals surface area contributed by atoms with Gasteiger partial charge in [0.15, 0.2) is 17.3 Å². The number of halogens is 2. The van der Waals surface area contributed by atoms with Crippen LogP contribution < -0.4 is 9.47 Å². The van der Waals surface area contributed by atoms with Crippen LogP contribution in [-0.4, -0.2) is 44.4 Å². The molecular weight excluding hydrogens is 392 g/mol. The number of rotatable bonds is 10. The molecule has 1 aliphatic carbocycles. The average Bonchev–Trinajstić information content (AvgIpc) is 3.49. The van der Waals surface area contributed by atoms with E-state index in [0.717, 1.165) is 29.9 Å². The first kappa shape index (κ1) is 20.2. The predicted octanol–water partition coefficient (Wildman–Crippen LogP) is 3.83. The van der Waals surface area contributed by atoms with Gasteiger partial charge in [-0.25, -0.2) is 0 Å². The summed E-state index contributed by atoms with van der Waals surface area (Å²) < 4.78 is 37.1. The highest BCUT2D eigenvalue weighted by Crippen LogP contribution is 2.33. The van der Waals surface area contributed by atoms with Gasteiger partial charge in [0, 0.05) is 12.6 Å². The Labute approximate surface area is 173 Å². The van der Waals surface area contributed by atoms with Gasteiger partial charge in [-0.2, -0.15) is 13.5 Å². The van der Waals surface area contributed by atoms with Crippen molar-refractivity contribution in [1.29, 1.82) is 0 Å². The lowest BCUT2D eigenvalue weighted by Crippen LogP contribution is -2.27. The van der Waals surface area contributed by atoms with Gasteiger partial charge in [-0.05, 0) is 60.0 Å². The van der Waals surface area contributed by atoms with Crippen molar-refractivity contribution in [3.05, 3.63) is 59.9 Å². The molecule has 0 radical (unpaired) electrons. The molecule has 30 heavy (non-hydrogen) atoms. The standard InChI is InChI=1S/C21H23F2N5O2/c1-2-29-19-12-15(8-11-18(19)30-21(22)23)13-27(16-9-10-16)14-20-24-25-26-28(20)17-6-4-3-5-7-17/h3-8,11-12,16,21H,2,9-10,13-14H2,1H3. The van der Waals surface area contributed by atoms with E-state index in [4.69, 9.17) is 4.74 Å². The molecule has 0 bridgehead atoms. The highest BCUT2D eigenvalue weighted by molar-refractivity contribution is 5.43. The third-order valence-corrected chi connectivity index (χ3v) is 4.85. The first-order chi connectivity index (χ1) is 14.6. The molecule has 9 heteroatoms. The lowest BCUT2D eigenvalue weighted by Gasteiger charge is -2.22. The van der Waals surface area contributed by atoms with E-state index >= 15 is 0 Å². The van der Waals surface area contributed by atoms with E-state index in [2.05, 4.69) is 25.2 Å². The predicted molar refractivity (Wildman–Crippen MR) is 106 cm³/mol. The quantitative estimate of drug-likeness (QED) is 0.502. The van der Waals surface area contributed by atoms with Crippen LogP contribution in [0.5, 0.6) is 11.5 Å². The summed E-state index contributed by atoms with van der Waals surface area (Å²) in [5.41, 5.74) is 1.85. The minimum Gasteiger partial charge on any atom is -0.490 e. The highest BCUT2D eigenvalue weighted by Gasteiger charge is 2.30. The van der Waals surface area contributed by atoms with Crippen LogP contribution >= 0.6 is 0 Å². The molecule has 3 aromatic rings. The molecule has 1 aliphatic rings. The van der Waals surface area contributed by atoms with E-state index in [-0.39, 0.29) is 5.75 Å². The zero-order valence-corrected chi connectivity index (χ0v) is 16.6. The second-order valence-electron chi connectivity index (χ2n) is 7.07. The second-order valence-corrected chi connectivity index (χ2v) is 7.07. The van der Waals surface area contributed by atoms with Crippen molar-refractivity contribution in [3.8, 4) is 17.2 Å². The molecule has 1 saturated carbocycles. The van der Waals surface area contributed by atoms with Crippen molar-refractivity contribution < 1.29 is 18.3 Å². The minimum absolute atomic E-state index is 0.0431. The minimum atomic E-state index is -2.89.